The summed E-state index contributed by atoms with van der Waals surface area (Å²) in [6.45, 7) is 3.55. The largest absolute Gasteiger partial charge is 0.462 e. The lowest BCUT2D eigenvalue weighted by Crippen LogP contribution is -2.10. The van der Waals surface area contributed by atoms with Gasteiger partial charge in [-0.25, -0.2) is 4.79 Å². The zero-order valence-corrected chi connectivity index (χ0v) is 14.8. The number of hydrogen-bond acceptors (Lipinski definition) is 6. The zero-order chi connectivity index (χ0) is 17.7. The summed E-state index contributed by atoms with van der Waals surface area (Å²) in [6.07, 6.45) is 1.57. The van der Waals surface area contributed by atoms with Crippen molar-refractivity contribution in [3.8, 4) is 0 Å². The first-order valence-electron chi connectivity index (χ1n) is 7.30. The molecule has 2 N–H and O–H groups in total. The molecular weight excluding hydrogens is 352 g/mol. The molecule has 24 heavy (non-hydrogen) atoms. The number of aliphatic hydroxyl groups is 1. The van der Waals surface area contributed by atoms with Gasteiger partial charge in [-0.05, 0) is 6.92 Å². The van der Waals surface area contributed by atoms with Crippen molar-refractivity contribution in [3.05, 3.63) is 28.3 Å². The highest BCUT2D eigenvalue weighted by atomic mass is 35.5. The van der Waals surface area contributed by atoms with Gasteiger partial charge in [0.2, 0.25) is 5.91 Å². The van der Waals surface area contributed by atoms with E-state index in [0.717, 1.165) is 0 Å². The molecule has 2 rings (SSSR count). The minimum atomic E-state index is -0.509. The second-order valence-electron chi connectivity index (χ2n) is 4.81. The number of esters is 1. The minimum absolute atomic E-state index is 0.0466. The molecule has 0 radical (unpaired) electrons. The summed E-state index contributed by atoms with van der Waals surface area (Å²) >= 11 is 7.63. The van der Waals surface area contributed by atoms with Gasteiger partial charge in [0, 0.05) is 24.1 Å². The summed E-state index contributed by atoms with van der Waals surface area (Å²) in [6, 6.07) is 3.48. The Morgan fingerprint density at radius 1 is 1.46 bits per heavy atom. The number of amides is 1. The molecule has 0 aliphatic heterocycles. The van der Waals surface area contributed by atoms with E-state index in [1.54, 1.807) is 25.3 Å². The fourth-order valence-electron chi connectivity index (χ4n) is 2.12. The molecule has 1 aromatic carbocycles. The van der Waals surface area contributed by atoms with Crippen LogP contribution in [-0.2, 0) is 9.53 Å². The summed E-state index contributed by atoms with van der Waals surface area (Å²) in [7, 11) is 0. The van der Waals surface area contributed by atoms with Crippen LogP contribution in [0.2, 0.25) is 5.02 Å². The molecule has 1 aromatic heterocycles. The molecular formula is C16H17ClN2O4S. The number of benzene rings is 1. The highest BCUT2D eigenvalue weighted by Crippen LogP contribution is 2.41. The van der Waals surface area contributed by atoms with E-state index in [0.29, 0.717) is 31.2 Å². The summed E-state index contributed by atoms with van der Waals surface area (Å²) < 4.78 is 5.75. The number of fused-ring (bicyclic) bond motifs is 1. The van der Waals surface area contributed by atoms with Crippen LogP contribution in [0.3, 0.4) is 0 Å². The first-order chi connectivity index (χ1) is 11.5. The van der Waals surface area contributed by atoms with Crippen LogP contribution in [0.25, 0.3) is 10.1 Å². The van der Waals surface area contributed by atoms with Crippen molar-refractivity contribution in [2.75, 3.05) is 25.1 Å². The number of thiophene rings is 1. The van der Waals surface area contributed by atoms with E-state index in [9.17, 15) is 9.59 Å². The average Bonchev–Trinajstić information content (AvgIpc) is 2.88. The molecule has 0 fully saturated rings. The number of carbonyl (C=O) groups excluding carboxylic acids is 2. The van der Waals surface area contributed by atoms with Crippen molar-refractivity contribution in [3.63, 3.8) is 0 Å². The number of rotatable bonds is 6. The van der Waals surface area contributed by atoms with E-state index in [-0.39, 0.29) is 25.7 Å². The SMILES string of the molecule is CCOC(=O)c1c(NC(C)=O)sc2c(Cl)c(C=NCCO)ccc12. The maximum absolute atomic E-state index is 12.3. The molecule has 0 spiro atoms. The number of carbonyl (C=O) groups is 2. The standard InChI is InChI=1S/C16H17ClN2O4S/c1-3-23-16(22)12-11-5-4-10(8-18-6-7-20)13(17)14(11)24-15(12)19-9(2)21/h4-5,8,20H,3,6-7H2,1-2H3,(H,19,21). The summed E-state index contributed by atoms with van der Waals surface area (Å²) in [5.41, 5.74) is 0.969. The maximum Gasteiger partial charge on any atom is 0.341 e. The lowest BCUT2D eigenvalue weighted by atomic mass is 10.1. The van der Waals surface area contributed by atoms with Gasteiger partial charge in [0.05, 0.1) is 29.5 Å². The van der Waals surface area contributed by atoms with Gasteiger partial charge in [-0.2, -0.15) is 0 Å². The molecule has 1 heterocycles. The summed E-state index contributed by atoms with van der Waals surface area (Å²) in [5.74, 6) is -0.793. The number of aliphatic imine (C=N–C) groups is 1. The van der Waals surface area contributed by atoms with Gasteiger partial charge in [-0.3, -0.25) is 9.79 Å². The highest BCUT2D eigenvalue weighted by molar-refractivity contribution is 7.24. The van der Waals surface area contributed by atoms with Crippen molar-refractivity contribution in [2.24, 2.45) is 4.99 Å². The van der Waals surface area contributed by atoms with Crippen molar-refractivity contribution >= 4 is 56.1 Å². The van der Waals surface area contributed by atoms with Crippen molar-refractivity contribution in [1.82, 2.24) is 0 Å². The first-order valence-corrected chi connectivity index (χ1v) is 8.49. The van der Waals surface area contributed by atoms with Crippen LogP contribution in [0.4, 0.5) is 5.00 Å². The third-order valence-corrected chi connectivity index (χ3v) is 4.71. The molecule has 0 atom stereocenters. The molecule has 128 valence electrons. The third kappa shape index (κ3) is 3.92. The second kappa shape index (κ2) is 8.23. The predicted octanol–water partition coefficient (Wildman–Crippen LogP) is 3.10. The summed E-state index contributed by atoms with van der Waals surface area (Å²) in [4.78, 5) is 27.7. The van der Waals surface area contributed by atoms with Crippen LogP contribution < -0.4 is 5.32 Å². The number of ether oxygens (including phenoxy) is 1. The van der Waals surface area contributed by atoms with E-state index in [1.807, 2.05) is 0 Å². The number of hydrogen-bond donors (Lipinski definition) is 2. The lowest BCUT2D eigenvalue weighted by Gasteiger charge is -2.05. The molecule has 1 amide bonds. The number of nitrogens with one attached hydrogen (secondary N) is 1. The van der Waals surface area contributed by atoms with E-state index in [1.165, 1.54) is 18.3 Å². The van der Waals surface area contributed by atoms with Crippen molar-refractivity contribution in [1.29, 1.82) is 0 Å². The second-order valence-corrected chi connectivity index (χ2v) is 6.21. The van der Waals surface area contributed by atoms with Crippen LogP contribution in [0.15, 0.2) is 17.1 Å². The Morgan fingerprint density at radius 2 is 2.21 bits per heavy atom. The molecule has 2 aromatic rings. The van der Waals surface area contributed by atoms with Crippen LogP contribution >= 0.6 is 22.9 Å². The van der Waals surface area contributed by atoms with Crippen LogP contribution in [0.5, 0.6) is 0 Å². The van der Waals surface area contributed by atoms with Crippen molar-refractivity contribution in [2.45, 2.75) is 13.8 Å². The van der Waals surface area contributed by atoms with Gasteiger partial charge in [-0.15, -0.1) is 11.3 Å². The van der Waals surface area contributed by atoms with Gasteiger partial charge < -0.3 is 15.2 Å². The van der Waals surface area contributed by atoms with Crippen LogP contribution in [0.1, 0.15) is 29.8 Å². The monoisotopic (exact) mass is 368 g/mol. The maximum atomic E-state index is 12.3. The van der Waals surface area contributed by atoms with Gasteiger partial charge in [0.1, 0.15) is 10.6 Å². The van der Waals surface area contributed by atoms with E-state index >= 15 is 0 Å². The molecule has 0 unspecified atom stereocenters. The van der Waals surface area contributed by atoms with Gasteiger partial charge in [0.25, 0.3) is 0 Å². The molecule has 0 aliphatic rings. The average molecular weight is 369 g/mol. The Kier molecular flexibility index (Phi) is 6.30. The Bertz CT molecular complexity index is 801. The fourth-order valence-corrected chi connectivity index (χ4v) is 3.63. The first kappa shape index (κ1) is 18.4. The van der Waals surface area contributed by atoms with E-state index < -0.39 is 5.97 Å². The van der Waals surface area contributed by atoms with E-state index in [2.05, 4.69) is 10.3 Å². The zero-order valence-electron chi connectivity index (χ0n) is 13.3. The number of nitrogens with zero attached hydrogens (tertiary/aromatic N) is 1. The minimum Gasteiger partial charge on any atom is -0.462 e. The third-order valence-electron chi connectivity index (χ3n) is 3.06. The molecule has 0 bridgehead atoms. The Morgan fingerprint density at radius 3 is 2.83 bits per heavy atom. The molecule has 0 saturated heterocycles. The molecule has 0 saturated carbocycles. The predicted molar refractivity (Wildman–Crippen MR) is 96.6 cm³/mol. The smallest absolute Gasteiger partial charge is 0.341 e. The van der Waals surface area contributed by atoms with Gasteiger partial charge >= 0.3 is 5.97 Å². The Labute approximate surface area is 148 Å². The lowest BCUT2D eigenvalue weighted by molar-refractivity contribution is -0.114. The molecule has 0 aliphatic carbocycles. The quantitative estimate of drug-likeness (QED) is 0.605. The van der Waals surface area contributed by atoms with Crippen LogP contribution in [-0.4, -0.2) is 43.0 Å². The van der Waals surface area contributed by atoms with Crippen LogP contribution in [0, 0.1) is 0 Å². The molecule has 8 heteroatoms. The van der Waals surface area contributed by atoms with Crippen molar-refractivity contribution < 1.29 is 19.4 Å². The Hall–Kier alpha value is -1.96. The fraction of sp³-hybridized carbons (Fsp3) is 0.312. The Balaban J connectivity index is 2.59. The number of anilines is 1. The van der Waals surface area contributed by atoms with E-state index in [4.69, 9.17) is 21.4 Å². The highest BCUT2D eigenvalue weighted by Gasteiger charge is 2.23. The normalized spacial score (nSPS) is 11.2. The van der Waals surface area contributed by atoms with Gasteiger partial charge in [-0.1, -0.05) is 23.7 Å². The summed E-state index contributed by atoms with van der Waals surface area (Å²) in [5, 5.41) is 12.9. The topological polar surface area (TPSA) is 88.0 Å². The number of aliphatic hydroxyl groups excluding tert-OH is 1. The number of halogens is 1. The van der Waals surface area contributed by atoms with Gasteiger partial charge in [0.15, 0.2) is 0 Å². The molecule has 6 nitrogen and oxygen atoms in total.